The molecule has 1 saturated carbocycles. The molecule has 0 unspecified atom stereocenters. The van der Waals surface area contributed by atoms with Crippen molar-refractivity contribution in [3.8, 4) is 6.07 Å². The number of imidazole rings is 1. The van der Waals surface area contributed by atoms with Crippen LogP contribution in [-0.4, -0.2) is 35.3 Å². The maximum atomic E-state index is 12.5. The quantitative estimate of drug-likeness (QED) is 0.827. The van der Waals surface area contributed by atoms with E-state index >= 15 is 0 Å². The highest BCUT2D eigenvalue weighted by Crippen LogP contribution is 2.27. The Balaban J connectivity index is 2.31. The van der Waals surface area contributed by atoms with Gasteiger partial charge >= 0.3 is 0 Å². The van der Waals surface area contributed by atoms with Gasteiger partial charge in [-0.15, -0.1) is 0 Å². The molecule has 0 atom stereocenters. The second-order valence-corrected chi connectivity index (χ2v) is 6.55. The van der Waals surface area contributed by atoms with Crippen LogP contribution in [0.25, 0.3) is 0 Å². The van der Waals surface area contributed by atoms with E-state index in [1.165, 1.54) is 10.5 Å². The minimum atomic E-state index is -3.64. The van der Waals surface area contributed by atoms with E-state index in [0.717, 1.165) is 25.7 Å². The van der Waals surface area contributed by atoms with Gasteiger partial charge in [-0.2, -0.15) is 9.57 Å². The molecule has 1 heterocycles. The van der Waals surface area contributed by atoms with Crippen molar-refractivity contribution in [1.82, 2.24) is 14.3 Å². The second kappa shape index (κ2) is 5.72. The molecule has 104 valence electrons. The number of H-pyrrole nitrogens is 1. The monoisotopic (exact) mass is 282 g/mol. The summed E-state index contributed by atoms with van der Waals surface area (Å²) in [5.74, 6) is 0.641. The number of sulfonamides is 1. The zero-order valence-corrected chi connectivity index (χ0v) is 11.8. The van der Waals surface area contributed by atoms with Crippen molar-refractivity contribution >= 4 is 10.0 Å². The molecule has 0 spiro atoms. The first kappa shape index (κ1) is 14.0. The molecular formula is C12H18N4O2S. The molecule has 1 aromatic rings. The van der Waals surface area contributed by atoms with E-state index in [2.05, 4.69) is 9.97 Å². The second-order valence-electron chi connectivity index (χ2n) is 4.69. The van der Waals surface area contributed by atoms with Gasteiger partial charge in [-0.05, 0) is 12.8 Å². The zero-order chi connectivity index (χ0) is 13.9. The van der Waals surface area contributed by atoms with Gasteiger partial charge in [-0.1, -0.05) is 19.8 Å². The molecule has 0 amide bonds. The average molecular weight is 282 g/mol. The zero-order valence-electron chi connectivity index (χ0n) is 11.0. The van der Waals surface area contributed by atoms with Gasteiger partial charge in [0.15, 0.2) is 5.03 Å². The molecule has 1 aliphatic carbocycles. The Bertz CT molecular complexity index is 567. The van der Waals surface area contributed by atoms with Crippen LogP contribution in [0.3, 0.4) is 0 Å². The average Bonchev–Trinajstić information content (AvgIpc) is 3.06. The van der Waals surface area contributed by atoms with E-state index in [-0.39, 0.29) is 17.6 Å². The molecule has 6 nitrogen and oxygen atoms in total. The maximum absolute atomic E-state index is 12.5. The summed E-state index contributed by atoms with van der Waals surface area (Å²) in [6.07, 6.45) is 5.69. The van der Waals surface area contributed by atoms with Crippen LogP contribution in [0.5, 0.6) is 0 Å². The summed E-state index contributed by atoms with van der Waals surface area (Å²) in [5.41, 5.74) is 0. The number of nitriles is 1. The Morgan fingerprint density at radius 2 is 2.21 bits per heavy atom. The number of aryl methyl sites for hydroxylation is 1. The predicted molar refractivity (Wildman–Crippen MR) is 69.7 cm³/mol. The number of nitrogens with zero attached hydrogens (tertiary/aromatic N) is 3. The highest BCUT2D eigenvalue weighted by atomic mass is 32.2. The van der Waals surface area contributed by atoms with Crippen molar-refractivity contribution in [2.75, 3.05) is 6.54 Å². The van der Waals surface area contributed by atoms with Gasteiger partial charge in [-0.25, -0.2) is 13.4 Å². The van der Waals surface area contributed by atoms with Crippen molar-refractivity contribution in [1.29, 1.82) is 5.26 Å². The third kappa shape index (κ3) is 2.80. The van der Waals surface area contributed by atoms with Gasteiger partial charge in [0.05, 0.1) is 12.3 Å². The van der Waals surface area contributed by atoms with Crippen molar-refractivity contribution in [2.24, 2.45) is 0 Å². The fourth-order valence-electron chi connectivity index (χ4n) is 2.45. The number of aromatic nitrogens is 2. The van der Waals surface area contributed by atoms with Gasteiger partial charge in [0.2, 0.25) is 0 Å². The van der Waals surface area contributed by atoms with Crippen LogP contribution in [0.1, 0.15) is 38.4 Å². The van der Waals surface area contributed by atoms with Gasteiger partial charge in [0.25, 0.3) is 10.0 Å². The first-order valence-electron chi connectivity index (χ1n) is 6.52. The lowest BCUT2D eigenvalue weighted by atomic mass is 10.2. The molecule has 0 radical (unpaired) electrons. The van der Waals surface area contributed by atoms with E-state index in [0.29, 0.717) is 12.2 Å². The van der Waals surface area contributed by atoms with Gasteiger partial charge in [0.1, 0.15) is 12.4 Å². The summed E-state index contributed by atoms with van der Waals surface area (Å²) >= 11 is 0. The summed E-state index contributed by atoms with van der Waals surface area (Å²) in [5, 5.41) is 8.97. The lowest BCUT2D eigenvalue weighted by Crippen LogP contribution is -2.39. The smallest absolute Gasteiger partial charge is 0.261 e. The third-order valence-electron chi connectivity index (χ3n) is 3.49. The largest absolute Gasteiger partial charge is 0.332 e. The normalized spacial score (nSPS) is 16.9. The molecule has 7 heteroatoms. The molecule has 1 fully saturated rings. The Labute approximate surface area is 113 Å². The topological polar surface area (TPSA) is 89.8 Å². The van der Waals surface area contributed by atoms with Crippen molar-refractivity contribution in [3.05, 3.63) is 12.0 Å². The highest BCUT2D eigenvalue weighted by molar-refractivity contribution is 7.89. The number of hydrogen-bond donors (Lipinski definition) is 1. The number of nitrogens with one attached hydrogen (secondary N) is 1. The Hall–Kier alpha value is -1.39. The van der Waals surface area contributed by atoms with E-state index in [1.54, 1.807) is 0 Å². The highest BCUT2D eigenvalue weighted by Gasteiger charge is 2.34. The van der Waals surface area contributed by atoms with Crippen molar-refractivity contribution in [2.45, 2.75) is 50.1 Å². The minimum Gasteiger partial charge on any atom is -0.332 e. The van der Waals surface area contributed by atoms with Gasteiger partial charge in [-0.3, -0.25) is 0 Å². The third-order valence-corrected chi connectivity index (χ3v) is 5.29. The standard InChI is InChI=1S/C12H18N4O2S/c1-2-11-14-9-12(15-11)19(17,18)16(8-7-13)10-5-3-4-6-10/h9-10H,2-6,8H2,1H3,(H,14,15). The summed E-state index contributed by atoms with van der Waals surface area (Å²) in [6.45, 7) is 1.80. The van der Waals surface area contributed by atoms with Crippen LogP contribution in [0.4, 0.5) is 0 Å². The van der Waals surface area contributed by atoms with Crippen LogP contribution in [0, 0.1) is 11.3 Å². The van der Waals surface area contributed by atoms with E-state index < -0.39 is 10.0 Å². The summed E-state index contributed by atoms with van der Waals surface area (Å²) in [4.78, 5) is 6.84. The summed E-state index contributed by atoms with van der Waals surface area (Å²) in [7, 11) is -3.64. The van der Waals surface area contributed by atoms with Crippen molar-refractivity contribution in [3.63, 3.8) is 0 Å². The molecule has 0 bridgehead atoms. The number of rotatable bonds is 5. The van der Waals surface area contributed by atoms with Crippen LogP contribution >= 0.6 is 0 Å². The van der Waals surface area contributed by atoms with Gasteiger partial charge < -0.3 is 4.98 Å². The fourth-order valence-corrected chi connectivity index (χ4v) is 3.97. The van der Waals surface area contributed by atoms with Crippen LogP contribution in [-0.2, 0) is 16.4 Å². The molecular weight excluding hydrogens is 264 g/mol. The van der Waals surface area contributed by atoms with E-state index in [4.69, 9.17) is 5.26 Å². The first-order valence-corrected chi connectivity index (χ1v) is 7.96. The molecule has 1 aliphatic rings. The number of hydrogen-bond acceptors (Lipinski definition) is 4. The maximum Gasteiger partial charge on any atom is 0.261 e. The summed E-state index contributed by atoms with van der Waals surface area (Å²) < 4.78 is 26.4. The predicted octanol–water partition coefficient (Wildman–Crippen LogP) is 1.43. The number of aromatic amines is 1. The van der Waals surface area contributed by atoms with Gasteiger partial charge in [0, 0.05) is 12.5 Å². The Kier molecular flexibility index (Phi) is 4.22. The Morgan fingerprint density at radius 1 is 1.53 bits per heavy atom. The molecule has 1 aromatic heterocycles. The van der Waals surface area contributed by atoms with Crippen LogP contribution in [0.2, 0.25) is 0 Å². The fraction of sp³-hybridized carbons (Fsp3) is 0.667. The minimum absolute atomic E-state index is 0.0574. The van der Waals surface area contributed by atoms with Crippen molar-refractivity contribution < 1.29 is 8.42 Å². The SMILES string of the molecule is CCc1ncc(S(=O)(=O)N(CC#N)C2CCCC2)[nH]1. The molecule has 0 aromatic carbocycles. The molecule has 1 N–H and O–H groups in total. The van der Waals surface area contributed by atoms with Crippen LogP contribution < -0.4 is 0 Å². The molecule has 0 aliphatic heterocycles. The first-order chi connectivity index (χ1) is 9.09. The van der Waals surface area contributed by atoms with E-state index in [1.807, 2.05) is 13.0 Å². The molecule has 2 rings (SSSR count). The van der Waals surface area contributed by atoms with Crippen LogP contribution in [0.15, 0.2) is 11.2 Å². The molecule has 19 heavy (non-hydrogen) atoms. The lowest BCUT2D eigenvalue weighted by molar-refractivity contribution is 0.349. The Morgan fingerprint density at radius 3 is 2.74 bits per heavy atom. The lowest BCUT2D eigenvalue weighted by Gasteiger charge is -2.24. The van der Waals surface area contributed by atoms with E-state index in [9.17, 15) is 8.42 Å². The summed E-state index contributed by atoms with van der Waals surface area (Å²) in [6, 6.07) is 1.90. The molecule has 0 saturated heterocycles.